The van der Waals surface area contributed by atoms with Crippen molar-refractivity contribution in [2.75, 3.05) is 12.4 Å². The minimum absolute atomic E-state index is 0.377. The molecule has 0 aliphatic rings. The Kier molecular flexibility index (Phi) is 5.35. The first kappa shape index (κ1) is 13.9. The number of hydrogen-bond donors (Lipinski definition) is 1. The van der Waals surface area contributed by atoms with Crippen LogP contribution in [0.5, 0.6) is 5.75 Å². The average molecular weight is 254 g/mol. The molecule has 1 unspecified atom stereocenters. The summed E-state index contributed by atoms with van der Waals surface area (Å²) in [7, 11) is 0. The zero-order chi connectivity index (χ0) is 12.8. The van der Waals surface area contributed by atoms with E-state index in [1.54, 1.807) is 6.92 Å². The lowest BCUT2D eigenvalue weighted by atomic mass is 10.1. The lowest BCUT2D eigenvalue weighted by Gasteiger charge is -2.09. The monoisotopic (exact) mass is 254 g/mol. The number of hydrogen-bond acceptors (Lipinski definition) is 3. The van der Waals surface area contributed by atoms with Crippen molar-refractivity contribution in [3.63, 3.8) is 0 Å². The number of carboxylic acid groups (broad SMARTS) is 1. The van der Waals surface area contributed by atoms with E-state index in [2.05, 4.69) is 6.07 Å². The maximum absolute atomic E-state index is 10.6. The van der Waals surface area contributed by atoms with Crippen LogP contribution >= 0.6 is 11.8 Å². The van der Waals surface area contributed by atoms with Gasteiger partial charge in [-0.2, -0.15) is 0 Å². The van der Waals surface area contributed by atoms with Crippen LogP contribution in [0.2, 0.25) is 0 Å². The Labute approximate surface area is 106 Å². The number of thioether (sulfide) groups is 1. The molecule has 0 heterocycles. The highest BCUT2D eigenvalue weighted by Crippen LogP contribution is 2.17. The third kappa shape index (κ3) is 5.13. The second kappa shape index (κ2) is 6.55. The van der Waals surface area contributed by atoms with Crippen LogP contribution in [0.3, 0.4) is 0 Å². The standard InChI is InChI=1S/C13H18O3S/c1-9-6-10(2)8-12(7-9)16-4-5-17-11(3)13(14)15/h6-8,11H,4-5H2,1-3H3,(H,14,15). The molecular weight excluding hydrogens is 236 g/mol. The lowest BCUT2D eigenvalue weighted by Crippen LogP contribution is -2.14. The molecule has 0 radical (unpaired) electrons. The van der Waals surface area contributed by atoms with Crippen LogP contribution in [0.25, 0.3) is 0 Å². The number of aliphatic carboxylic acids is 1. The molecule has 1 rings (SSSR count). The van der Waals surface area contributed by atoms with Crippen molar-refractivity contribution in [1.29, 1.82) is 0 Å². The third-order valence-corrected chi connectivity index (χ3v) is 3.37. The molecular formula is C13H18O3S. The molecule has 0 bridgehead atoms. The van der Waals surface area contributed by atoms with Crippen molar-refractivity contribution in [2.24, 2.45) is 0 Å². The van der Waals surface area contributed by atoms with Gasteiger partial charge in [0.15, 0.2) is 0 Å². The van der Waals surface area contributed by atoms with Gasteiger partial charge < -0.3 is 9.84 Å². The van der Waals surface area contributed by atoms with Crippen LogP contribution in [-0.2, 0) is 4.79 Å². The molecule has 3 nitrogen and oxygen atoms in total. The van der Waals surface area contributed by atoms with Crippen LogP contribution in [0, 0.1) is 13.8 Å². The number of carbonyl (C=O) groups is 1. The van der Waals surface area contributed by atoms with Gasteiger partial charge >= 0.3 is 5.97 Å². The lowest BCUT2D eigenvalue weighted by molar-refractivity contribution is -0.136. The third-order valence-electron chi connectivity index (χ3n) is 2.26. The zero-order valence-electron chi connectivity index (χ0n) is 10.4. The highest BCUT2D eigenvalue weighted by Gasteiger charge is 2.10. The van der Waals surface area contributed by atoms with Gasteiger partial charge in [0, 0.05) is 5.75 Å². The van der Waals surface area contributed by atoms with E-state index in [4.69, 9.17) is 9.84 Å². The Balaban J connectivity index is 2.33. The normalized spacial score (nSPS) is 12.2. The molecule has 0 saturated heterocycles. The molecule has 0 aliphatic carbocycles. The van der Waals surface area contributed by atoms with Crippen LogP contribution in [-0.4, -0.2) is 28.7 Å². The predicted molar refractivity (Wildman–Crippen MR) is 71.0 cm³/mol. The van der Waals surface area contributed by atoms with Crippen LogP contribution in [0.4, 0.5) is 0 Å². The molecule has 1 aromatic rings. The number of ether oxygens (including phenoxy) is 1. The number of rotatable bonds is 6. The Hall–Kier alpha value is -1.16. The fourth-order valence-corrected chi connectivity index (χ4v) is 2.15. The molecule has 94 valence electrons. The fourth-order valence-electron chi connectivity index (χ4n) is 1.47. The number of carboxylic acids is 1. The van der Waals surface area contributed by atoms with E-state index in [1.807, 2.05) is 26.0 Å². The van der Waals surface area contributed by atoms with Crippen molar-refractivity contribution >= 4 is 17.7 Å². The molecule has 0 aromatic heterocycles. The van der Waals surface area contributed by atoms with Crippen LogP contribution < -0.4 is 4.74 Å². The van der Waals surface area contributed by atoms with E-state index in [9.17, 15) is 4.79 Å². The summed E-state index contributed by atoms with van der Waals surface area (Å²) in [5.41, 5.74) is 2.35. The first-order valence-electron chi connectivity index (χ1n) is 5.54. The molecule has 0 fully saturated rings. The first-order chi connectivity index (χ1) is 7.99. The van der Waals surface area contributed by atoms with Crippen molar-refractivity contribution in [2.45, 2.75) is 26.0 Å². The summed E-state index contributed by atoms with van der Waals surface area (Å²) >= 11 is 1.39. The SMILES string of the molecule is Cc1cc(C)cc(OCCSC(C)C(=O)O)c1. The average Bonchev–Trinajstić information content (AvgIpc) is 2.22. The minimum atomic E-state index is -0.776. The molecule has 1 atom stereocenters. The summed E-state index contributed by atoms with van der Waals surface area (Å²) in [4.78, 5) is 10.6. The van der Waals surface area contributed by atoms with Gasteiger partial charge in [0.05, 0.1) is 11.9 Å². The van der Waals surface area contributed by atoms with E-state index in [0.29, 0.717) is 12.4 Å². The zero-order valence-corrected chi connectivity index (χ0v) is 11.2. The summed E-state index contributed by atoms with van der Waals surface area (Å²) in [5, 5.41) is 8.33. The van der Waals surface area contributed by atoms with Gasteiger partial charge in [-0.25, -0.2) is 0 Å². The van der Waals surface area contributed by atoms with Crippen molar-refractivity contribution in [1.82, 2.24) is 0 Å². The highest BCUT2D eigenvalue weighted by molar-refractivity contribution is 8.00. The van der Waals surface area contributed by atoms with Gasteiger partial charge in [-0.05, 0) is 44.0 Å². The van der Waals surface area contributed by atoms with E-state index < -0.39 is 5.97 Å². The maximum Gasteiger partial charge on any atom is 0.316 e. The molecule has 0 amide bonds. The molecule has 0 saturated carbocycles. The largest absolute Gasteiger partial charge is 0.493 e. The predicted octanol–water partition coefficient (Wildman–Crippen LogP) is 2.89. The Morgan fingerprint density at radius 2 is 1.94 bits per heavy atom. The number of aryl methyl sites for hydroxylation is 2. The smallest absolute Gasteiger partial charge is 0.316 e. The quantitative estimate of drug-likeness (QED) is 0.793. The van der Waals surface area contributed by atoms with Gasteiger partial charge in [0.25, 0.3) is 0 Å². The Morgan fingerprint density at radius 1 is 1.35 bits per heavy atom. The summed E-state index contributed by atoms with van der Waals surface area (Å²) in [6, 6.07) is 6.06. The van der Waals surface area contributed by atoms with Gasteiger partial charge in [0.2, 0.25) is 0 Å². The summed E-state index contributed by atoms with van der Waals surface area (Å²) < 4.78 is 5.58. The second-order valence-corrected chi connectivity index (χ2v) is 5.47. The molecule has 1 aromatic carbocycles. The van der Waals surface area contributed by atoms with E-state index in [-0.39, 0.29) is 5.25 Å². The van der Waals surface area contributed by atoms with Crippen LogP contribution in [0.15, 0.2) is 18.2 Å². The van der Waals surface area contributed by atoms with Crippen LogP contribution in [0.1, 0.15) is 18.1 Å². The van der Waals surface area contributed by atoms with Gasteiger partial charge in [0.1, 0.15) is 5.75 Å². The second-order valence-electron chi connectivity index (χ2n) is 4.02. The molecule has 1 N–H and O–H groups in total. The van der Waals surface area contributed by atoms with E-state index in [1.165, 1.54) is 22.9 Å². The maximum atomic E-state index is 10.6. The van der Waals surface area contributed by atoms with E-state index >= 15 is 0 Å². The summed E-state index contributed by atoms with van der Waals surface area (Å²) in [6.07, 6.45) is 0. The highest BCUT2D eigenvalue weighted by atomic mass is 32.2. The molecule has 0 aliphatic heterocycles. The minimum Gasteiger partial charge on any atom is -0.493 e. The topological polar surface area (TPSA) is 46.5 Å². The van der Waals surface area contributed by atoms with Crippen molar-refractivity contribution in [3.05, 3.63) is 29.3 Å². The fraction of sp³-hybridized carbons (Fsp3) is 0.462. The molecule has 4 heteroatoms. The van der Waals surface area contributed by atoms with Crippen molar-refractivity contribution < 1.29 is 14.6 Å². The Bertz CT molecular complexity index is 370. The summed E-state index contributed by atoms with van der Waals surface area (Å²) in [5.74, 6) is 0.757. The Morgan fingerprint density at radius 3 is 2.47 bits per heavy atom. The van der Waals surface area contributed by atoms with Gasteiger partial charge in [-0.15, -0.1) is 11.8 Å². The molecule has 0 spiro atoms. The molecule has 17 heavy (non-hydrogen) atoms. The number of benzene rings is 1. The first-order valence-corrected chi connectivity index (χ1v) is 6.59. The van der Waals surface area contributed by atoms with Crippen molar-refractivity contribution in [3.8, 4) is 5.75 Å². The van der Waals surface area contributed by atoms with Gasteiger partial charge in [-0.3, -0.25) is 4.79 Å². The van der Waals surface area contributed by atoms with Gasteiger partial charge in [-0.1, -0.05) is 6.07 Å². The summed E-state index contributed by atoms with van der Waals surface area (Å²) in [6.45, 7) is 6.28. The van der Waals surface area contributed by atoms with E-state index in [0.717, 1.165) is 5.75 Å².